The van der Waals surface area contributed by atoms with E-state index in [0.717, 1.165) is 6.20 Å². The molecule has 1 heterocycles. The third-order valence-corrected chi connectivity index (χ3v) is 5.10. The number of alkyl halides is 3. The summed E-state index contributed by atoms with van der Waals surface area (Å²) in [5.41, 5.74) is -1.67. The predicted octanol–water partition coefficient (Wildman–Crippen LogP) is 3.07. The summed E-state index contributed by atoms with van der Waals surface area (Å²) in [5.74, 6) is -1.66. The number of carbonyl (C=O) groups excluding carboxylic acids is 2. The number of aldehydes is 1. The van der Waals surface area contributed by atoms with Crippen molar-refractivity contribution in [1.82, 2.24) is 10.2 Å². The number of likely N-dealkylation sites (N-methyl/N-ethyl adjacent to an activating group) is 1. The highest BCUT2D eigenvalue weighted by atomic mass is 79.9. The van der Waals surface area contributed by atoms with E-state index >= 15 is 0 Å². The number of halogens is 5. The van der Waals surface area contributed by atoms with Crippen LogP contribution in [0.2, 0.25) is 0 Å². The molecule has 1 aliphatic rings. The topological polar surface area (TPSA) is 64.7 Å². The van der Waals surface area contributed by atoms with Gasteiger partial charge < -0.3 is 20.4 Å². The number of carbonyl (C=O) groups is 2. The summed E-state index contributed by atoms with van der Waals surface area (Å²) in [4.78, 5) is 27.4. The lowest BCUT2D eigenvalue weighted by molar-refractivity contribution is -0.115. The van der Waals surface area contributed by atoms with Crippen LogP contribution >= 0.6 is 15.9 Å². The highest BCUT2D eigenvalue weighted by Gasteiger charge is 2.38. The van der Waals surface area contributed by atoms with Gasteiger partial charge >= 0.3 is 6.18 Å². The van der Waals surface area contributed by atoms with Crippen LogP contribution in [-0.2, 0) is 9.59 Å². The van der Waals surface area contributed by atoms with Crippen LogP contribution in [0.3, 0.4) is 0 Å². The maximum Gasteiger partial charge on any atom is 0.417 e. The van der Waals surface area contributed by atoms with Crippen molar-refractivity contribution in [3.05, 3.63) is 45.8 Å². The molecule has 1 aliphatic heterocycles. The van der Waals surface area contributed by atoms with Crippen LogP contribution in [0.5, 0.6) is 0 Å². The van der Waals surface area contributed by atoms with Gasteiger partial charge in [0.2, 0.25) is 0 Å². The fourth-order valence-electron chi connectivity index (χ4n) is 2.95. The van der Waals surface area contributed by atoms with Crippen molar-refractivity contribution in [3.63, 3.8) is 0 Å². The Labute approximate surface area is 179 Å². The van der Waals surface area contributed by atoms with Crippen LogP contribution in [0.15, 0.2) is 40.0 Å². The normalized spacial score (nSPS) is 16.4. The summed E-state index contributed by atoms with van der Waals surface area (Å²) >= 11 is 3.04. The minimum atomic E-state index is -4.93. The molecule has 0 aliphatic carbocycles. The molecule has 0 unspecified atom stereocenters. The Morgan fingerprint density at radius 2 is 1.83 bits per heavy atom. The Hall–Kier alpha value is -2.40. The average Bonchev–Trinajstić information content (AvgIpc) is 2.67. The maximum absolute atomic E-state index is 14.2. The quantitative estimate of drug-likeness (QED) is 0.276. The van der Waals surface area contributed by atoms with Crippen molar-refractivity contribution in [2.75, 3.05) is 50.5 Å². The largest absolute Gasteiger partial charge is 0.417 e. The van der Waals surface area contributed by atoms with Gasteiger partial charge in [0.05, 0.1) is 27.0 Å². The minimum Gasteiger partial charge on any atom is -0.393 e. The molecule has 1 fully saturated rings. The SMILES string of the molecule is CN/C=C(C(=O)Nc1cc(Br)c(F)cc1N1CCN(C)CC1)\C(=C/C=O)C(F)(F)F. The standard InChI is InChI=1S/C19H21BrF4N4O2/c1-25-11-12(13(3-8-29)19(22,23)24)18(30)26-16-9-14(20)15(21)10-17(16)28-6-4-27(2)5-7-28/h3,8-11,25H,4-7H2,1-2H3,(H,26,30)/b12-11+,13-3+. The fourth-order valence-corrected chi connectivity index (χ4v) is 3.29. The molecule has 2 N–H and O–H groups in total. The molecule has 11 heteroatoms. The number of anilines is 2. The van der Waals surface area contributed by atoms with Gasteiger partial charge in [-0.1, -0.05) is 0 Å². The van der Waals surface area contributed by atoms with Gasteiger partial charge in [0, 0.05) is 45.5 Å². The van der Waals surface area contributed by atoms with Crippen molar-refractivity contribution in [3.8, 4) is 0 Å². The monoisotopic (exact) mass is 492 g/mol. The second-order valence-corrected chi connectivity index (χ2v) is 7.44. The van der Waals surface area contributed by atoms with Gasteiger partial charge in [0.25, 0.3) is 5.91 Å². The molecule has 1 saturated heterocycles. The molecule has 1 aromatic rings. The number of benzene rings is 1. The smallest absolute Gasteiger partial charge is 0.393 e. The van der Waals surface area contributed by atoms with E-state index in [9.17, 15) is 27.2 Å². The van der Waals surface area contributed by atoms with Gasteiger partial charge in [-0.05, 0) is 35.1 Å². The summed E-state index contributed by atoms with van der Waals surface area (Å²) in [7, 11) is 3.27. The Balaban J connectivity index is 2.43. The molecule has 0 radical (unpaired) electrons. The third-order valence-electron chi connectivity index (χ3n) is 4.49. The van der Waals surface area contributed by atoms with Crippen LogP contribution < -0.4 is 15.5 Å². The zero-order valence-electron chi connectivity index (χ0n) is 16.3. The lowest BCUT2D eigenvalue weighted by Gasteiger charge is -2.35. The Bertz CT molecular complexity index is 863. The zero-order chi connectivity index (χ0) is 22.5. The second kappa shape index (κ2) is 10.1. The van der Waals surface area contributed by atoms with E-state index in [2.05, 4.69) is 31.5 Å². The van der Waals surface area contributed by atoms with E-state index in [0.29, 0.717) is 31.9 Å². The van der Waals surface area contributed by atoms with E-state index in [-0.39, 0.29) is 22.5 Å². The molecular weight excluding hydrogens is 472 g/mol. The van der Waals surface area contributed by atoms with Crippen molar-refractivity contribution < 1.29 is 27.2 Å². The summed E-state index contributed by atoms with van der Waals surface area (Å²) in [5, 5.41) is 4.81. The lowest BCUT2D eigenvalue weighted by atomic mass is 10.1. The van der Waals surface area contributed by atoms with Crippen LogP contribution in [0.25, 0.3) is 0 Å². The first-order valence-corrected chi connectivity index (χ1v) is 9.72. The molecule has 6 nitrogen and oxygen atoms in total. The summed E-state index contributed by atoms with van der Waals surface area (Å²) in [6.07, 6.45) is -3.83. The van der Waals surface area contributed by atoms with Crippen LogP contribution in [0, 0.1) is 5.82 Å². The minimum absolute atomic E-state index is 0.0380. The Kier molecular flexibility index (Phi) is 8.02. The first-order valence-electron chi connectivity index (χ1n) is 8.92. The summed E-state index contributed by atoms with van der Waals surface area (Å²) in [6, 6.07) is 2.52. The van der Waals surface area contributed by atoms with Gasteiger partial charge in [0.1, 0.15) is 12.1 Å². The molecular formula is C19H21BrF4N4O2. The van der Waals surface area contributed by atoms with E-state index in [1.165, 1.54) is 19.2 Å². The highest BCUT2D eigenvalue weighted by molar-refractivity contribution is 9.10. The second-order valence-electron chi connectivity index (χ2n) is 6.59. The molecule has 0 spiro atoms. The molecule has 30 heavy (non-hydrogen) atoms. The van der Waals surface area contributed by atoms with E-state index in [1.807, 2.05) is 11.9 Å². The van der Waals surface area contributed by atoms with Crippen molar-refractivity contribution >= 4 is 39.5 Å². The number of piperazine rings is 1. The lowest BCUT2D eigenvalue weighted by Crippen LogP contribution is -2.44. The fraction of sp³-hybridized carbons (Fsp3) is 0.368. The first kappa shape index (κ1) is 23.9. The maximum atomic E-state index is 14.2. The van der Waals surface area contributed by atoms with Crippen molar-refractivity contribution in [1.29, 1.82) is 0 Å². The third kappa shape index (κ3) is 5.82. The van der Waals surface area contributed by atoms with Gasteiger partial charge in [-0.3, -0.25) is 9.59 Å². The molecule has 1 amide bonds. The number of amides is 1. The number of allylic oxidation sites excluding steroid dienone is 1. The average molecular weight is 493 g/mol. The van der Waals surface area contributed by atoms with Gasteiger partial charge in [-0.25, -0.2) is 4.39 Å². The Morgan fingerprint density at radius 3 is 2.37 bits per heavy atom. The number of nitrogens with zero attached hydrogens (tertiary/aromatic N) is 2. The first-order chi connectivity index (χ1) is 14.1. The predicted molar refractivity (Wildman–Crippen MR) is 110 cm³/mol. The number of hydrogen-bond donors (Lipinski definition) is 2. The van der Waals surface area contributed by atoms with E-state index < -0.39 is 29.0 Å². The van der Waals surface area contributed by atoms with Crippen LogP contribution in [-0.4, -0.2) is 63.5 Å². The molecule has 0 bridgehead atoms. The van der Waals surface area contributed by atoms with Crippen LogP contribution in [0.4, 0.5) is 28.9 Å². The number of nitrogens with one attached hydrogen (secondary N) is 2. The van der Waals surface area contributed by atoms with E-state index in [1.54, 1.807) is 0 Å². The molecule has 164 valence electrons. The molecule has 0 saturated carbocycles. The Morgan fingerprint density at radius 1 is 1.20 bits per heavy atom. The molecule has 0 atom stereocenters. The van der Waals surface area contributed by atoms with Gasteiger partial charge in [-0.2, -0.15) is 13.2 Å². The van der Waals surface area contributed by atoms with Gasteiger partial charge in [0.15, 0.2) is 0 Å². The summed E-state index contributed by atoms with van der Waals surface area (Å²) in [6.45, 7) is 2.52. The number of rotatable bonds is 6. The zero-order valence-corrected chi connectivity index (χ0v) is 17.9. The van der Waals surface area contributed by atoms with E-state index in [4.69, 9.17) is 0 Å². The van der Waals surface area contributed by atoms with Gasteiger partial charge in [-0.15, -0.1) is 0 Å². The van der Waals surface area contributed by atoms with Crippen molar-refractivity contribution in [2.24, 2.45) is 0 Å². The highest BCUT2D eigenvalue weighted by Crippen LogP contribution is 2.35. The molecule has 1 aromatic carbocycles. The van der Waals surface area contributed by atoms with Crippen LogP contribution in [0.1, 0.15) is 0 Å². The molecule has 0 aromatic heterocycles. The van der Waals surface area contributed by atoms with Crippen molar-refractivity contribution in [2.45, 2.75) is 6.18 Å². The number of hydrogen-bond acceptors (Lipinski definition) is 5. The molecule has 2 rings (SSSR count). The summed E-state index contributed by atoms with van der Waals surface area (Å²) < 4.78 is 54.3.